The lowest BCUT2D eigenvalue weighted by Gasteiger charge is -2.36. The summed E-state index contributed by atoms with van der Waals surface area (Å²) in [6.07, 6.45) is 4.93. The first kappa shape index (κ1) is 19.9. The third kappa shape index (κ3) is 4.05. The molecule has 26 heavy (non-hydrogen) atoms. The van der Waals surface area contributed by atoms with Crippen LogP contribution in [0.4, 0.5) is 0 Å². The van der Waals surface area contributed by atoms with Gasteiger partial charge in [-0.1, -0.05) is 12.1 Å². The van der Waals surface area contributed by atoms with Crippen molar-refractivity contribution in [2.75, 3.05) is 20.1 Å². The summed E-state index contributed by atoms with van der Waals surface area (Å²) in [6, 6.07) is 9.10. The normalized spacial score (nSPS) is 15.6. The van der Waals surface area contributed by atoms with Gasteiger partial charge < -0.3 is 16.0 Å². The fraction of sp³-hybridized carbons (Fsp3) is 0.389. The molecule has 2 heterocycles. The molecule has 0 bridgehead atoms. The molecule has 1 fully saturated rings. The Morgan fingerprint density at radius 2 is 2.04 bits per heavy atom. The van der Waals surface area contributed by atoms with Crippen LogP contribution in [0.15, 0.2) is 42.7 Å². The molecule has 0 saturated carbocycles. The van der Waals surface area contributed by atoms with Gasteiger partial charge in [0.05, 0.1) is 0 Å². The maximum Gasteiger partial charge on any atom is 0.251 e. The van der Waals surface area contributed by atoms with Crippen LogP contribution >= 0.6 is 12.4 Å². The number of piperidine rings is 1. The minimum Gasteiger partial charge on any atom is -0.355 e. The number of carbonyl (C=O) groups excluding carboxylic acids is 2. The Kier molecular flexibility index (Phi) is 6.76. The SMILES string of the molecule is CNC(=O)c1cccc(CNC(=O)C2(n3cccn3)CCNCC2)c1.Cl. The molecule has 0 radical (unpaired) electrons. The third-order valence-electron chi connectivity index (χ3n) is 4.67. The van der Waals surface area contributed by atoms with E-state index in [0.717, 1.165) is 18.7 Å². The fourth-order valence-electron chi connectivity index (χ4n) is 3.24. The van der Waals surface area contributed by atoms with E-state index >= 15 is 0 Å². The molecule has 3 N–H and O–H groups in total. The van der Waals surface area contributed by atoms with Crippen molar-refractivity contribution in [2.45, 2.75) is 24.9 Å². The quantitative estimate of drug-likeness (QED) is 0.727. The fourth-order valence-corrected chi connectivity index (χ4v) is 3.24. The van der Waals surface area contributed by atoms with Crippen molar-refractivity contribution in [2.24, 2.45) is 0 Å². The van der Waals surface area contributed by atoms with Gasteiger partial charge in [-0.2, -0.15) is 5.10 Å². The van der Waals surface area contributed by atoms with Gasteiger partial charge in [0.1, 0.15) is 5.54 Å². The van der Waals surface area contributed by atoms with Crippen LogP contribution in [0.25, 0.3) is 0 Å². The predicted molar refractivity (Wildman–Crippen MR) is 101 cm³/mol. The molecule has 2 aromatic rings. The van der Waals surface area contributed by atoms with Gasteiger partial charge in [0, 0.05) is 31.5 Å². The molecule has 8 heteroatoms. The Labute approximate surface area is 159 Å². The smallest absolute Gasteiger partial charge is 0.251 e. The molecule has 0 unspecified atom stereocenters. The molecule has 1 aliphatic rings. The molecule has 0 spiro atoms. The van der Waals surface area contributed by atoms with Gasteiger partial charge in [0.25, 0.3) is 5.91 Å². The highest BCUT2D eigenvalue weighted by Gasteiger charge is 2.41. The number of aromatic nitrogens is 2. The maximum atomic E-state index is 13.0. The lowest BCUT2D eigenvalue weighted by molar-refractivity contribution is -0.132. The maximum absolute atomic E-state index is 13.0. The lowest BCUT2D eigenvalue weighted by Crippen LogP contribution is -2.54. The van der Waals surface area contributed by atoms with Crippen molar-refractivity contribution in [3.05, 3.63) is 53.9 Å². The predicted octanol–water partition coefficient (Wildman–Crippen LogP) is 1.06. The van der Waals surface area contributed by atoms with Gasteiger partial charge in [0.2, 0.25) is 5.91 Å². The number of nitrogens with one attached hydrogen (secondary N) is 3. The van der Waals surface area contributed by atoms with Gasteiger partial charge in [-0.25, -0.2) is 0 Å². The molecular formula is C18H24ClN5O2. The molecule has 3 rings (SSSR count). The molecule has 1 aromatic carbocycles. The largest absolute Gasteiger partial charge is 0.355 e. The molecule has 2 amide bonds. The zero-order valence-corrected chi connectivity index (χ0v) is 15.5. The molecule has 140 valence electrons. The first-order valence-corrected chi connectivity index (χ1v) is 8.46. The highest BCUT2D eigenvalue weighted by atomic mass is 35.5. The van der Waals surface area contributed by atoms with Gasteiger partial charge in [-0.3, -0.25) is 14.3 Å². The second-order valence-corrected chi connectivity index (χ2v) is 6.19. The van der Waals surface area contributed by atoms with Crippen molar-refractivity contribution >= 4 is 24.2 Å². The summed E-state index contributed by atoms with van der Waals surface area (Å²) in [5.74, 6) is -0.178. The van der Waals surface area contributed by atoms with Crippen molar-refractivity contribution in [3.63, 3.8) is 0 Å². The zero-order chi connectivity index (χ0) is 17.7. The van der Waals surface area contributed by atoms with Gasteiger partial charge >= 0.3 is 0 Å². The van der Waals surface area contributed by atoms with Crippen molar-refractivity contribution in [1.29, 1.82) is 0 Å². The molecule has 7 nitrogen and oxygen atoms in total. The topological polar surface area (TPSA) is 88.1 Å². The number of nitrogens with zero attached hydrogens (tertiary/aromatic N) is 2. The Bertz CT molecular complexity index is 742. The number of rotatable bonds is 5. The van der Waals surface area contributed by atoms with Crippen LogP contribution in [0.3, 0.4) is 0 Å². The van der Waals surface area contributed by atoms with Crippen molar-refractivity contribution < 1.29 is 9.59 Å². The second kappa shape index (κ2) is 8.82. The third-order valence-corrected chi connectivity index (χ3v) is 4.67. The van der Waals surface area contributed by atoms with Crippen LogP contribution in [-0.2, 0) is 16.9 Å². The van der Waals surface area contributed by atoms with E-state index in [0.29, 0.717) is 24.9 Å². The standard InChI is InChI=1S/C18H23N5O2.ClH/c1-19-16(24)15-5-2-4-14(12-15)13-21-17(25)18(6-9-20-10-7-18)23-11-3-8-22-23;/h2-5,8,11-12,20H,6-7,9-10,13H2,1H3,(H,19,24)(H,21,25);1H. The van der Waals surface area contributed by atoms with Crippen LogP contribution in [0.1, 0.15) is 28.8 Å². The minimum absolute atomic E-state index is 0. The van der Waals surface area contributed by atoms with Crippen LogP contribution in [0.2, 0.25) is 0 Å². The first-order chi connectivity index (χ1) is 12.2. The van der Waals surface area contributed by atoms with Crippen LogP contribution in [-0.4, -0.2) is 41.7 Å². The summed E-state index contributed by atoms with van der Waals surface area (Å²) >= 11 is 0. The number of benzene rings is 1. The summed E-state index contributed by atoms with van der Waals surface area (Å²) in [4.78, 5) is 24.7. The molecule has 1 aromatic heterocycles. The number of halogens is 1. The number of hydrogen-bond donors (Lipinski definition) is 3. The Balaban J connectivity index is 0.00000243. The molecule has 0 aliphatic carbocycles. The first-order valence-electron chi connectivity index (χ1n) is 8.46. The van der Waals surface area contributed by atoms with Crippen LogP contribution < -0.4 is 16.0 Å². The summed E-state index contributed by atoms with van der Waals surface area (Å²) in [5, 5.41) is 13.2. The van der Waals surface area contributed by atoms with Gasteiger partial charge in [-0.15, -0.1) is 12.4 Å². The van der Waals surface area contributed by atoms with E-state index in [-0.39, 0.29) is 24.2 Å². The molecule has 0 atom stereocenters. The molecule has 1 aliphatic heterocycles. The lowest BCUT2D eigenvalue weighted by atomic mass is 9.87. The van der Waals surface area contributed by atoms with E-state index < -0.39 is 5.54 Å². The Hall–Kier alpha value is -2.38. The van der Waals surface area contributed by atoms with E-state index in [1.165, 1.54) is 0 Å². The number of hydrogen-bond acceptors (Lipinski definition) is 4. The van der Waals surface area contributed by atoms with Crippen LogP contribution in [0, 0.1) is 0 Å². The Morgan fingerprint density at radius 3 is 2.69 bits per heavy atom. The van der Waals surface area contributed by atoms with E-state index in [1.54, 1.807) is 30.1 Å². The van der Waals surface area contributed by atoms with Crippen LogP contribution in [0.5, 0.6) is 0 Å². The Morgan fingerprint density at radius 1 is 1.27 bits per heavy atom. The van der Waals surface area contributed by atoms with E-state index in [2.05, 4.69) is 21.0 Å². The minimum atomic E-state index is -0.660. The summed E-state index contributed by atoms with van der Waals surface area (Å²) in [6.45, 7) is 1.93. The van der Waals surface area contributed by atoms with E-state index in [4.69, 9.17) is 0 Å². The number of carbonyl (C=O) groups is 2. The molecule has 1 saturated heterocycles. The summed E-state index contributed by atoms with van der Waals surface area (Å²) in [7, 11) is 1.60. The van der Waals surface area contributed by atoms with Gasteiger partial charge in [0.15, 0.2) is 0 Å². The summed E-state index contributed by atoms with van der Waals surface area (Å²) < 4.78 is 1.77. The zero-order valence-electron chi connectivity index (χ0n) is 14.7. The summed E-state index contributed by atoms with van der Waals surface area (Å²) in [5.41, 5.74) is 0.810. The highest BCUT2D eigenvalue weighted by molar-refractivity contribution is 5.94. The van der Waals surface area contributed by atoms with E-state index in [9.17, 15) is 9.59 Å². The average molecular weight is 378 g/mol. The van der Waals surface area contributed by atoms with E-state index in [1.807, 2.05) is 24.4 Å². The monoisotopic (exact) mass is 377 g/mol. The number of amides is 2. The molecular weight excluding hydrogens is 354 g/mol. The van der Waals surface area contributed by atoms with Gasteiger partial charge in [-0.05, 0) is 49.7 Å². The highest BCUT2D eigenvalue weighted by Crippen LogP contribution is 2.27. The second-order valence-electron chi connectivity index (χ2n) is 6.19. The van der Waals surface area contributed by atoms with Crippen molar-refractivity contribution in [3.8, 4) is 0 Å². The average Bonchev–Trinajstić information content (AvgIpc) is 3.21. The van der Waals surface area contributed by atoms with Crippen molar-refractivity contribution in [1.82, 2.24) is 25.7 Å².